The Morgan fingerprint density at radius 1 is 1.17 bits per heavy atom. The Morgan fingerprint density at radius 3 is 2.17 bits per heavy atom. The first-order chi connectivity index (χ1) is 10.8. The van der Waals surface area contributed by atoms with E-state index in [2.05, 4.69) is 0 Å². The van der Waals surface area contributed by atoms with Gasteiger partial charge in [-0.15, -0.1) is 0 Å². The van der Waals surface area contributed by atoms with Crippen molar-refractivity contribution >= 4 is 12.1 Å². The van der Waals surface area contributed by atoms with Gasteiger partial charge in [-0.3, -0.25) is 0 Å². The maximum Gasteiger partial charge on any atom is 0.416 e. The SMILES string of the molecule is CC(C)(C)OC(=O)N[C@H](c1ccccc1C(F)(F)F)[C@@H](O)C(=O)O. The largest absolute Gasteiger partial charge is 0.479 e. The number of ether oxygens (including phenoxy) is 1. The van der Waals surface area contributed by atoms with Crippen molar-refractivity contribution in [1.82, 2.24) is 5.32 Å². The highest BCUT2D eigenvalue weighted by molar-refractivity contribution is 5.76. The van der Waals surface area contributed by atoms with Crippen molar-refractivity contribution in [3.63, 3.8) is 0 Å². The summed E-state index contributed by atoms with van der Waals surface area (Å²) in [5, 5.41) is 20.7. The van der Waals surface area contributed by atoms with Crippen molar-refractivity contribution < 1.29 is 37.7 Å². The average Bonchev–Trinajstić information content (AvgIpc) is 2.41. The lowest BCUT2D eigenvalue weighted by Crippen LogP contribution is -2.43. The van der Waals surface area contributed by atoms with E-state index in [1.165, 1.54) is 26.8 Å². The minimum Gasteiger partial charge on any atom is -0.479 e. The normalized spacial score (nSPS) is 14.6. The molecule has 2 atom stereocenters. The molecule has 0 aliphatic heterocycles. The molecule has 0 bridgehead atoms. The fourth-order valence-corrected chi connectivity index (χ4v) is 1.93. The van der Waals surface area contributed by atoms with Gasteiger partial charge in [0.1, 0.15) is 5.60 Å². The molecule has 0 fully saturated rings. The number of carboxylic acids is 1. The fraction of sp³-hybridized carbons (Fsp3) is 0.467. The number of aliphatic carboxylic acids is 1. The third-order valence-corrected chi connectivity index (χ3v) is 2.84. The molecule has 1 aromatic rings. The monoisotopic (exact) mass is 349 g/mol. The van der Waals surface area contributed by atoms with E-state index in [0.29, 0.717) is 0 Å². The van der Waals surface area contributed by atoms with E-state index in [4.69, 9.17) is 9.84 Å². The standard InChI is InChI=1S/C15H18F3NO5/c1-14(2,3)24-13(23)19-10(11(20)12(21)22)8-6-4-5-7-9(8)15(16,17)18/h4-7,10-11,20H,1-3H3,(H,19,23)(H,21,22)/t10-,11-/m1/s1. The van der Waals surface area contributed by atoms with Crippen LogP contribution < -0.4 is 5.32 Å². The fourth-order valence-electron chi connectivity index (χ4n) is 1.93. The Balaban J connectivity index is 3.26. The van der Waals surface area contributed by atoms with Gasteiger partial charge in [0.25, 0.3) is 0 Å². The zero-order valence-corrected chi connectivity index (χ0v) is 13.2. The summed E-state index contributed by atoms with van der Waals surface area (Å²) in [6.07, 6.45) is -8.23. The molecule has 1 amide bonds. The molecule has 3 N–H and O–H groups in total. The molecule has 0 aliphatic carbocycles. The highest BCUT2D eigenvalue weighted by Crippen LogP contribution is 2.35. The van der Waals surface area contributed by atoms with Crippen LogP contribution in [0.1, 0.15) is 37.9 Å². The molecule has 24 heavy (non-hydrogen) atoms. The summed E-state index contributed by atoms with van der Waals surface area (Å²) in [7, 11) is 0. The number of alkyl carbamates (subject to hydrolysis) is 1. The molecule has 0 aromatic heterocycles. The maximum absolute atomic E-state index is 13.1. The average molecular weight is 349 g/mol. The summed E-state index contributed by atoms with van der Waals surface area (Å²) in [5.74, 6) is -1.78. The zero-order valence-electron chi connectivity index (χ0n) is 13.2. The lowest BCUT2D eigenvalue weighted by Gasteiger charge is -2.27. The smallest absolute Gasteiger partial charge is 0.416 e. The Labute approximate surface area is 136 Å². The number of halogens is 3. The lowest BCUT2D eigenvalue weighted by molar-refractivity contribution is -0.149. The molecule has 1 aromatic carbocycles. The number of benzene rings is 1. The number of amides is 1. The third kappa shape index (κ3) is 5.41. The first-order valence-electron chi connectivity index (χ1n) is 6.89. The predicted octanol–water partition coefficient (Wildman–Crippen LogP) is 2.72. The number of rotatable bonds is 4. The van der Waals surface area contributed by atoms with Gasteiger partial charge >= 0.3 is 18.2 Å². The van der Waals surface area contributed by atoms with Crippen LogP contribution in [0.2, 0.25) is 0 Å². The lowest BCUT2D eigenvalue weighted by atomic mass is 9.96. The van der Waals surface area contributed by atoms with Crippen LogP contribution >= 0.6 is 0 Å². The number of alkyl halides is 3. The second kappa shape index (κ2) is 7.08. The Kier molecular flexibility index (Phi) is 5.83. The topological polar surface area (TPSA) is 95.9 Å². The first kappa shape index (κ1) is 19.8. The summed E-state index contributed by atoms with van der Waals surface area (Å²) in [5.41, 5.74) is -2.69. The summed E-state index contributed by atoms with van der Waals surface area (Å²) < 4.78 is 44.2. The van der Waals surface area contributed by atoms with Crippen molar-refractivity contribution in [2.24, 2.45) is 0 Å². The Hall–Kier alpha value is -2.29. The zero-order chi connectivity index (χ0) is 18.7. The minimum absolute atomic E-state index is 0.578. The second-order valence-electron chi connectivity index (χ2n) is 5.99. The van der Waals surface area contributed by atoms with Crippen LogP contribution in [0, 0.1) is 0 Å². The molecule has 134 valence electrons. The van der Waals surface area contributed by atoms with E-state index in [0.717, 1.165) is 18.2 Å². The van der Waals surface area contributed by atoms with Crippen LogP contribution in [0.15, 0.2) is 24.3 Å². The van der Waals surface area contributed by atoms with E-state index in [1.54, 1.807) is 0 Å². The maximum atomic E-state index is 13.1. The molecule has 9 heteroatoms. The highest BCUT2D eigenvalue weighted by atomic mass is 19.4. The number of aliphatic hydroxyl groups excluding tert-OH is 1. The van der Waals surface area contributed by atoms with Crippen LogP contribution in [0.3, 0.4) is 0 Å². The van der Waals surface area contributed by atoms with Gasteiger partial charge in [0.2, 0.25) is 0 Å². The van der Waals surface area contributed by atoms with Gasteiger partial charge in [-0.05, 0) is 32.4 Å². The Bertz CT molecular complexity index is 610. The van der Waals surface area contributed by atoms with E-state index >= 15 is 0 Å². The number of carbonyl (C=O) groups excluding carboxylic acids is 1. The molecular formula is C15H18F3NO5. The second-order valence-corrected chi connectivity index (χ2v) is 5.99. The van der Waals surface area contributed by atoms with Gasteiger partial charge in [0.15, 0.2) is 6.10 Å². The van der Waals surface area contributed by atoms with Gasteiger partial charge < -0.3 is 20.3 Å². The Morgan fingerprint density at radius 2 is 1.71 bits per heavy atom. The molecule has 1 rings (SSSR count). The predicted molar refractivity (Wildman–Crippen MR) is 77.2 cm³/mol. The third-order valence-electron chi connectivity index (χ3n) is 2.84. The minimum atomic E-state index is -4.79. The van der Waals surface area contributed by atoms with Gasteiger partial charge in [0, 0.05) is 0 Å². The van der Waals surface area contributed by atoms with E-state index in [-0.39, 0.29) is 0 Å². The van der Waals surface area contributed by atoms with Gasteiger partial charge in [0.05, 0.1) is 11.6 Å². The van der Waals surface area contributed by atoms with E-state index in [1.807, 2.05) is 5.32 Å². The van der Waals surface area contributed by atoms with E-state index in [9.17, 15) is 27.9 Å². The molecule has 0 saturated heterocycles. The molecule has 0 spiro atoms. The molecule has 0 aliphatic rings. The van der Waals surface area contributed by atoms with Crippen LogP contribution in [0.4, 0.5) is 18.0 Å². The highest BCUT2D eigenvalue weighted by Gasteiger charge is 2.39. The van der Waals surface area contributed by atoms with Crippen molar-refractivity contribution in [3.05, 3.63) is 35.4 Å². The van der Waals surface area contributed by atoms with Crippen LogP contribution in [0.5, 0.6) is 0 Å². The number of carboxylic acid groups (broad SMARTS) is 1. The molecule has 0 radical (unpaired) electrons. The van der Waals surface area contributed by atoms with Crippen molar-refractivity contribution in [2.75, 3.05) is 0 Å². The van der Waals surface area contributed by atoms with Gasteiger partial charge in [-0.2, -0.15) is 13.2 Å². The number of hydrogen-bond acceptors (Lipinski definition) is 4. The summed E-state index contributed by atoms with van der Waals surface area (Å²) in [4.78, 5) is 22.8. The van der Waals surface area contributed by atoms with Crippen molar-refractivity contribution in [1.29, 1.82) is 0 Å². The van der Waals surface area contributed by atoms with Crippen LogP contribution in [-0.2, 0) is 15.7 Å². The van der Waals surface area contributed by atoms with Gasteiger partial charge in [-0.25, -0.2) is 9.59 Å². The van der Waals surface area contributed by atoms with Crippen LogP contribution in [0.25, 0.3) is 0 Å². The van der Waals surface area contributed by atoms with Crippen LogP contribution in [-0.4, -0.2) is 34.0 Å². The summed E-state index contributed by atoms with van der Waals surface area (Å²) in [6.45, 7) is 4.58. The number of hydrogen-bond donors (Lipinski definition) is 3. The summed E-state index contributed by atoms with van der Waals surface area (Å²) >= 11 is 0. The van der Waals surface area contributed by atoms with Crippen molar-refractivity contribution in [3.8, 4) is 0 Å². The number of carbonyl (C=O) groups is 2. The summed E-state index contributed by atoms with van der Waals surface area (Å²) in [6, 6.07) is 2.23. The molecule has 0 heterocycles. The van der Waals surface area contributed by atoms with Crippen molar-refractivity contribution in [2.45, 2.75) is 44.7 Å². The molecule has 0 saturated carbocycles. The number of nitrogens with one attached hydrogen (secondary N) is 1. The molecular weight excluding hydrogens is 331 g/mol. The number of aliphatic hydroxyl groups is 1. The molecule has 6 nitrogen and oxygen atoms in total. The van der Waals surface area contributed by atoms with Gasteiger partial charge in [-0.1, -0.05) is 18.2 Å². The first-order valence-corrected chi connectivity index (χ1v) is 6.89. The quantitative estimate of drug-likeness (QED) is 0.777. The molecule has 0 unspecified atom stereocenters. The van der Waals surface area contributed by atoms with E-state index < -0.39 is 47.1 Å².